The third kappa shape index (κ3) is 2.47. The molecule has 0 saturated heterocycles. The molecule has 0 spiro atoms. The summed E-state index contributed by atoms with van der Waals surface area (Å²) in [6, 6.07) is 8.21. The summed E-state index contributed by atoms with van der Waals surface area (Å²) in [5.41, 5.74) is 0.248. The molecule has 0 amide bonds. The second-order valence-electron chi connectivity index (χ2n) is 4.27. The minimum Gasteiger partial charge on any atom is -0.496 e. The smallest absolute Gasteiger partial charge is 0.331 e. The number of aryl methyl sites for hydroxylation is 1. The average Bonchev–Trinajstić information content (AvgIpc) is 2.47. The number of nitriles is 1. The number of aromatic nitrogens is 2. The molecule has 1 aromatic heterocycles. The lowest BCUT2D eigenvalue weighted by Gasteiger charge is -2.10. The van der Waals surface area contributed by atoms with E-state index in [0.717, 1.165) is 4.57 Å². The van der Waals surface area contributed by atoms with Gasteiger partial charge in [-0.1, -0.05) is 0 Å². The van der Waals surface area contributed by atoms with Crippen molar-refractivity contribution in [2.45, 2.75) is 6.54 Å². The molecule has 0 saturated carbocycles. The van der Waals surface area contributed by atoms with Gasteiger partial charge >= 0.3 is 5.69 Å². The summed E-state index contributed by atoms with van der Waals surface area (Å²) >= 11 is 0. The van der Waals surface area contributed by atoms with E-state index >= 15 is 0 Å². The summed E-state index contributed by atoms with van der Waals surface area (Å²) in [7, 11) is 3.07. The van der Waals surface area contributed by atoms with Gasteiger partial charge in [0.2, 0.25) is 0 Å². The van der Waals surface area contributed by atoms with Crippen LogP contribution in [0.4, 0.5) is 0 Å². The van der Waals surface area contributed by atoms with Crippen molar-refractivity contribution in [1.29, 1.82) is 5.26 Å². The van der Waals surface area contributed by atoms with Gasteiger partial charge in [0.15, 0.2) is 0 Å². The number of ether oxygens (including phenoxy) is 1. The Labute approximate surface area is 115 Å². The number of hydrogen-bond donors (Lipinski definition) is 0. The van der Waals surface area contributed by atoms with Crippen LogP contribution in [0.2, 0.25) is 0 Å². The first-order valence-corrected chi connectivity index (χ1v) is 5.90. The summed E-state index contributed by atoms with van der Waals surface area (Å²) in [6.45, 7) is 0.0606. The van der Waals surface area contributed by atoms with Crippen LogP contribution in [0.3, 0.4) is 0 Å². The van der Waals surface area contributed by atoms with Crippen molar-refractivity contribution < 1.29 is 4.74 Å². The molecular weight excluding hydrogens is 258 g/mol. The van der Waals surface area contributed by atoms with E-state index < -0.39 is 11.2 Å². The third-order valence-electron chi connectivity index (χ3n) is 2.98. The molecule has 102 valence electrons. The van der Waals surface area contributed by atoms with Crippen molar-refractivity contribution in [2.24, 2.45) is 7.05 Å². The molecule has 0 radical (unpaired) electrons. The summed E-state index contributed by atoms with van der Waals surface area (Å²) in [4.78, 5) is 23.8. The van der Waals surface area contributed by atoms with Crippen LogP contribution in [-0.2, 0) is 13.6 Å². The molecule has 0 aliphatic heterocycles. The molecule has 6 heteroatoms. The second-order valence-corrected chi connectivity index (χ2v) is 4.27. The van der Waals surface area contributed by atoms with Crippen LogP contribution < -0.4 is 16.0 Å². The summed E-state index contributed by atoms with van der Waals surface area (Å²) < 4.78 is 7.61. The Balaban J connectivity index is 2.56. The van der Waals surface area contributed by atoms with Crippen LogP contribution >= 0.6 is 0 Å². The predicted molar refractivity (Wildman–Crippen MR) is 72.8 cm³/mol. The molecule has 6 nitrogen and oxygen atoms in total. The van der Waals surface area contributed by atoms with E-state index in [-0.39, 0.29) is 6.54 Å². The quantitative estimate of drug-likeness (QED) is 0.813. The monoisotopic (exact) mass is 271 g/mol. The summed E-state index contributed by atoms with van der Waals surface area (Å²) in [5.74, 6) is 0.529. The SMILES string of the molecule is COc1ccc(C#N)cc1Cn1c(=O)ccn(C)c1=O. The van der Waals surface area contributed by atoms with E-state index in [2.05, 4.69) is 0 Å². The van der Waals surface area contributed by atoms with E-state index in [4.69, 9.17) is 10.00 Å². The lowest BCUT2D eigenvalue weighted by atomic mass is 10.1. The first-order chi connectivity index (χ1) is 9.56. The zero-order chi connectivity index (χ0) is 14.7. The highest BCUT2D eigenvalue weighted by Crippen LogP contribution is 2.19. The van der Waals surface area contributed by atoms with Crippen molar-refractivity contribution >= 4 is 0 Å². The van der Waals surface area contributed by atoms with Crippen LogP contribution in [0.1, 0.15) is 11.1 Å². The topological polar surface area (TPSA) is 77.0 Å². The molecule has 0 fully saturated rings. The zero-order valence-electron chi connectivity index (χ0n) is 11.2. The maximum atomic E-state index is 12.0. The maximum absolute atomic E-state index is 12.0. The largest absolute Gasteiger partial charge is 0.496 e. The van der Waals surface area contributed by atoms with Gasteiger partial charge in [0.1, 0.15) is 5.75 Å². The second kappa shape index (κ2) is 5.45. The Hall–Kier alpha value is -2.81. The Morgan fingerprint density at radius 1 is 1.30 bits per heavy atom. The highest BCUT2D eigenvalue weighted by molar-refractivity contribution is 5.42. The Bertz CT molecular complexity index is 797. The van der Waals surface area contributed by atoms with Crippen LogP contribution in [-0.4, -0.2) is 16.2 Å². The molecule has 1 heterocycles. The number of hydrogen-bond acceptors (Lipinski definition) is 4. The Morgan fingerprint density at radius 2 is 2.05 bits per heavy atom. The summed E-state index contributed by atoms with van der Waals surface area (Å²) in [6.07, 6.45) is 1.42. The minimum atomic E-state index is -0.415. The minimum absolute atomic E-state index is 0.0606. The van der Waals surface area contributed by atoms with E-state index in [1.54, 1.807) is 25.2 Å². The molecule has 0 N–H and O–H groups in total. The van der Waals surface area contributed by atoms with Gasteiger partial charge in [0, 0.05) is 24.9 Å². The predicted octanol–water partition coefficient (Wildman–Crippen LogP) is 0.476. The molecule has 0 unspecified atom stereocenters. The molecule has 2 aromatic rings. The van der Waals surface area contributed by atoms with Crippen LogP contribution in [0, 0.1) is 11.3 Å². The molecule has 20 heavy (non-hydrogen) atoms. The number of benzene rings is 1. The van der Waals surface area contributed by atoms with E-state index in [0.29, 0.717) is 16.9 Å². The fraction of sp³-hybridized carbons (Fsp3) is 0.214. The maximum Gasteiger partial charge on any atom is 0.331 e. The standard InChI is InChI=1S/C14H13N3O3/c1-16-6-5-13(18)17(14(16)19)9-11-7-10(8-15)3-4-12(11)20-2/h3-7H,9H2,1-2H3. The van der Waals surface area contributed by atoms with Crippen molar-refractivity contribution in [3.05, 3.63) is 62.4 Å². The molecule has 0 aliphatic rings. The molecule has 1 aromatic carbocycles. The van der Waals surface area contributed by atoms with Crippen molar-refractivity contribution in [3.63, 3.8) is 0 Å². The Kier molecular flexibility index (Phi) is 3.71. The fourth-order valence-electron chi connectivity index (χ4n) is 1.90. The highest BCUT2D eigenvalue weighted by atomic mass is 16.5. The van der Waals surface area contributed by atoms with Crippen LogP contribution in [0.15, 0.2) is 40.1 Å². The van der Waals surface area contributed by atoms with Crippen molar-refractivity contribution in [1.82, 2.24) is 9.13 Å². The van der Waals surface area contributed by atoms with Gasteiger partial charge in [-0.2, -0.15) is 5.26 Å². The first kappa shape index (κ1) is 13.6. The van der Waals surface area contributed by atoms with Gasteiger partial charge in [0.05, 0.1) is 25.3 Å². The molecule has 0 aliphatic carbocycles. The number of methoxy groups -OCH3 is 1. The molecular formula is C14H13N3O3. The van der Waals surface area contributed by atoms with Gasteiger partial charge in [-0.3, -0.25) is 9.36 Å². The molecule has 2 rings (SSSR count). The van der Waals surface area contributed by atoms with E-state index in [1.165, 1.54) is 23.9 Å². The van der Waals surface area contributed by atoms with Crippen LogP contribution in [0.25, 0.3) is 0 Å². The summed E-state index contributed by atoms with van der Waals surface area (Å²) in [5, 5.41) is 8.92. The Morgan fingerprint density at radius 3 is 2.70 bits per heavy atom. The molecule has 0 bridgehead atoms. The number of rotatable bonds is 3. The first-order valence-electron chi connectivity index (χ1n) is 5.90. The van der Waals surface area contributed by atoms with Gasteiger partial charge in [-0.15, -0.1) is 0 Å². The number of nitrogens with zero attached hydrogens (tertiary/aromatic N) is 3. The lowest BCUT2D eigenvalue weighted by molar-refractivity contribution is 0.407. The van der Waals surface area contributed by atoms with Crippen molar-refractivity contribution in [3.8, 4) is 11.8 Å². The zero-order valence-corrected chi connectivity index (χ0v) is 11.2. The van der Waals surface area contributed by atoms with Crippen LogP contribution in [0.5, 0.6) is 5.75 Å². The highest BCUT2D eigenvalue weighted by Gasteiger charge is 2.09. The fourth-order valence-corrected chi connectivity index (χ4v) is 1.90. The van der Waals surface area contributed by atoms with Gasteiger partial charge < -0.3 is 9.30 Å². The third-order valence-corrected chi connectivity index (χ3v) is 2.98. The van der Waals surface area contributed by atoms with Crippen molar-refractivity contribution in [2.75, 3.05) is 7.11 Å². The van der Waals surface area contributed by atoms with Gasteiger partial charge in [0.25, 0.3) is 5.56 Å². The van der Waals surface area contributed by atoms with E-state index in [9.17, 15) is 9.59 Å². The van der Waals surface area contributed by atoms with Gasteiger partial charge in [-0.05, 0) is 18.2 Å². The average molecular weight is 271 g/mol. The molecule has 0 atom stereocenters. The lowest BCUT2D eigenvalue weighted by Crippen LogP contribution is -2.38. The van der Waals surface area contributed by atoms with E-state index in [1.807, 2.05) is 6.07 Å². The van der Waals surface area contributed by atoms with Gasteiger partial charge in [-0.25, -0.2) is 4.79 Å². The normalized spacial score (nSPS) is 10.1.